The van der Waals surface area contributed by atoms with Crippen LogP contribution in [0, 0.1) is 6.92 Å². The van der Waals surface area contributed by atoms with E-state index in [0.717, 1.165) is 22.2 Å². The topological polar surface area (TPSA) is 75.7 Å². The number of ether oxygens (including phenoxy) is 1. The number of methoxy groups -OCH3 is 1. The van der Waals surface area contributed by atoms with Crippen LogP contribution in [0.1, 0.15) is 17.5 Å². The highest BCUT2D eigenvalue weighted by molar-refractivity contribution is 7.98. The van der Waals surface area contributed by atoms with Crippen molar-refractivity contribution in [3.05, 3.63) is 88.9 Å². The minimum absolute atomic E-state index is 0.0900. The lowest BCUT2D eigenvalue weighted by atomic mass is 10.2. The molecule has 0 spiro atoms. The van der Waals surface area contributed by atoms with Crippen molar-refractivity contribution in [3.8, 4) is 5.75 Å². The fourth-order valence-corrected chi connectivity index (χ4v) is 5.91. The van der Waals surface area contributed by atoms with Crippen LogP contribution in [0.5, 0.6) is 5.75 Å². The molecule has 9 heteroatoms. The maximum Gasteiger partial charge on any atom is 0.264 e. The molecule has 0 unspecified atom stereocenters. The third kappa shape index (κ3) is 7.65. The van der Waals surface area contributed by atoms with Gasteiger partial charge < -0.3 is 10.1 Å². The maximum absolute atomic E-state index is 13.4. The standard InChI is InChI=1S/C26H29ClN2O4S2/c1-20-9-11-21(12-10-20)19-34-16-6-15-28-26(30)18-29(22-13-14-25(33-2)24(27)17-22)35(31,32)23-7-4-3-5-8-23/h3-5,7-14,17H,6,15-16,18-19H2,1-2H3,(H,28,30). The Hall–Kier alpha value is -2.68. The smallest absolute Gasteiger partial charge is 0.264 e. The number of aryl methyl sites for hydroxylation is 1. The van der Waals surface area contributed by atoms with Crippen molar-refractivity contribution >= 4 is 45.0 Å². The highest BCUT2D eigenvalue weighted by Crippen LogP contribution is 2.31. The average molecular weight is 533 g/mol. The SMILES string of the molecule is COc1ccc(N(CC(=O)NCCCSCc2ccc(C)cc2)S(=O)(=O)c2ccccc2)cc1Cl. The number of sulfonamides is 1. The lowest BCUT2D eigenvalue weighted by Gasteiger charge is -2.24. The van der Waals surface area contributed by atoms with Crippen LogP contribution in [0.4, 0.5) is 5.69 Å². The van der Waals surface area contributed by atoms with E-state index >= 15 is 0 Å². The van der Waals surface area contributed by atoms with Crippen LogP contribution < -0.4 is 14.4 Å². The second-order valence-corrected chi connectivity index (χ2v) is 11.3. The number of halogens is 1. The molecule has 1 amide bonds. The quantitative estimate of drug-likeness (QED) is 0.321. The van der Waals surface area contributed by atoms with Gasteiger partial charge in [0.2, 0.25) is 5.91 Å². The number of carbonyl (C=O) groups is 1. The lowest BCUT2D eigenvalue weighted by Crippen LogP contribution is -2.41. The molecule has 6 nitrogen and oxygen atoms in total. The van der Waals surface area contributed by atoms with Crippen LogP contribution in [0.2, 0.25) is 5.02 Å². The Morgan fingerprint density at radius 2 is 1.77 bits per heavy atom. The Labute approximate surface area is 216 Å². The fourth-order valence-electron chi connectivity index (χ4n) is 3.31. The van der Waals surface area contributed by atoms with E-state index in [4.69, 9.17) is 16.3 Å². The molecule has 0 atom stereocenters. The first-order valence-electron chi connectivity index (χ1n) is 11.1. The highest BCUT2D eigenvalue weighted by Gasteiger charge is 2.27. The zero-order valence-corrected chi connectivity index (χ0v) is 22.1. The van der Waals surface area contributed by atoms with Gasteiger partial charge >= 0.3 is 0 Å². The molecule has 0 aliphatic rings. The first-order chi connectivity index (χ1) is 16.8. The molecule has 0 fully saturated rings. The largest absolute Gasteiger partial charge is 0.495 e. The van der Waals surface area contributed by atoms with E-state index in [0.29, 0.717) is 12.3 Å². The number of thioether (sulfide) groups is 1. The van der Waals surface area contributed by atoms with Crippen LogP contribution in [-0.4, -0.2) is 40.3 Å². The first kappa shape index (κ1) is 26.9. The molecule has 186 valence electrons. The molecule has 3 aromatic rings. The highest BCUT2D eigenvalue weighted by atomic mass is 35.5. The minimum atomic E-state index is -3.99. The second-order valence-electron chi connectivity index (χ2n) is 7.89. The Bertz CT molecular complexity index is 1220. The number of carbonyl (C=O) groups excluding carboxylic acids is 1. The summed E-state index contributed by atoms with van der Waals surface area (Å²) in [6, 6.07) is 21.1. The fraction of sp³-hybridized carbons (Fsp3) is 0.269. The average Bonchev–Trinajstić information content (AvgIpc) is 2.86. The Morgan fingerprint density at radius 1 is 1.06 bits per heavy atom. The predicted octanol–water partition coefficient (Wildman–Crippen LogP) is 5.29. The number of anilines is 1. The summed E-state index contributed by atoms with van der Waals surface area (Å²) < 4.78 is 33.0. The summed E-state index contributed by atoms with van der Waals surface area (Å²) in [5, 5.41) is 3.09. The molecule has 3 aromatic carbocycles. The third-order valence-corrected chi connectivity index (χ3v) is 8.42. The number of rotatable bonds is 12. The molecule has 0 saturated carbocycles. The summed E-state index contributed by atoms with van der Waals surface area (Å²) in [5.41, 5.74) is 2.79. The van der Waals surface area contributed by atoms with Gasteiger partial charge in [-0.2, -0.15) is 11.8 Å². The summed E-state index contributed by atoms with van der Waals surface area (Å²) in [4.78, 5) is 12.8. The van der Waals surface area contributed by atoms with Gasteiger partial charge in [-0.15, -0.1) is 0 Å². The molecule has 0 bridgehead atoms. The van der Waals surface area contributed by atoms with E-state index in [9.17, 15) is 13.2 Å². The van der Waals surface area contributed by atoms with Crippen LogP contribution in [0.3, 0.4) is 0 Å². The Kier molecular flexibility index (Phi) is 9.89. The molecule has 0 aliphatic heterocycles. The van der Waals surface area contributed by atoms with E-state index in [1.165, 1.54) is 36.4 Å². The molecular weight excluding hydrogens is 504 g/mol. The molecule has 1 N–H and O–H groups in total. The summed E-state index contributed by atoms with van der Waals surface area (Å²) in [5.74, 6) is 1.82. The molecule has 3 rings (SSSR count). The van der Waals surface area contributed by atoms with Crippen molar-refractivity contribution in [3.63, 3.8) is 0 Å². The summed E-state index contributed by atoms with van der Waals surface area (Å²) in [6.07, 6.45) is 0.780. The van der Waals surface area contributed by atoms with Gasteiger partial charge in [-0.05, 0) is 55.0 Å². The lowest BCUT2D eigenvalue weighted by molar-refractivity contribution is -0.119. The van der Waals surface area contributed by atoms with E-state index in [-0.39, 0.29) is 28.1 Å². The number of nitrogens with one attached hydrogen (secondary N) is 1. The van der Waals surface area contributed by atoms with E-state index in [1.54, 1.807) is 42.1 Å². The Morgan fingerprint density at radius 3 is 2.43 bits per heavy atom. The molecule has 35 heavy (non-hydrogen) atoms. The van der Waals surface area contributed by atoms with Crippen LogP contribution >= 0.6 is 23.4 Å². The molecule has 0 aromatic heterocycles. The molecule has 0 heterocycles. The van der Waals surface area contributed by atoms with Gasteiger partial charge in [0.05, 0.1) is 22.7 Å². The van der Waals surface area contributed by atoms with Gasteiger partial charge in [0.15, 0.2) is 0 Å². The first-order valence-corrected chi connectivity index (χ1v) is 14.1. The number of amides is 1. The summed E-state index contributed by atoms with van der Waals surface area (Å²) >= 11 is 8.04. The predicted molar refractivity (Wildman–Crippen MR) is 144 cm³/mol. The third-order valence-electron chi connectivity index (χ3n) is 5.22. The zero-order chi connectivity index (χ0) is 25.3. The van der Waals surface area contributed by atoms with Crippen LogP contribution in [0.25, 0.3) is 0 Å². The van der Waals surface area contributed by atoms with Gasteiger partial charge in [-0.1, -0.05) is 59.6 Å². The number of nitrogens with zero attached hydrogens (tertiary/aromatic N) is 1. The maximum atomic E-state index is 13.4. The molecule has 0 saturated heterocycles. The van der Waals surface area contributed by atoms with Gasteiger partial charge in [-0.3, -0.25) is 9.10 Å². The normalized spacial score (nSPS) is 11.2. The number of hydrogen-bond acceptors (Lipinski definition) is 5. The molecule has 0 aliphatic carbocycles. The van der Waals surface area contributed by atoms with E-state index < -0.39 is 10.0 Å². The number of hydrogen-bond donors (Lipinski definition) is 1. The van der Waals surface area contributed by atoms with Crippen molar-refractivity contribution in [2.45, 2.75) is 24.0 Å². The van der Waals surface area contributed by atoms with Crippen molar-refractivity contribution < 1.29 is 17.9 Å². The zero-order valence-electron chi connectivity index (χ0n) is 19.7. The van der Waals surface area contributed by atoms with Crippen LogP contribution in [-0.2, 0) is 20.6 Å². The van der Waals surface area contributed by atoms with Gasteiger partial charge in [0, 0.05) is 12.3 Å². The minimum Gasteiger partial charge on any atom is -0.495 e. The summed E-state index contributed by atoms with van der Waals surface area (Å²) in [6.45, 7) is 2.16. The van der Waals surface area contributed by atoms with Gasteiger partial charge in [0.1, 0.15) is 12.3 Å². The second kappa shape index (κ2) is 12.9. The van der Waals surface area contributed by atoms with Gasteiger partial charge in [-0.25, -0.2) is 8.42 Å². The van der Waals surface area contributed by atoms with Crippen LogP contribution in [0.15, 0.2) is 77.7 Å². The molecular formula is C26H29ClN2O4S2. The van der Waals surface area contributed by atoms with Crippen molar-refractivity contribution in [2.24, 2.45) is 0 Å². The van der Waals surface area contributed by atoms with E-state index in [2.05, 4.69) is 36.5 Å². The van der Waals surface area contributed by atoms with Gasteiger partial charge in [0.25, 0.3) is 10.0 Å². The van der Waals surface area contributed by atoms with E-state index in [1.807, 2.05) is 0 Å². The monoisotopic (exact) mass is 532 g/mol. The van der Waals surface area contributed by atoms with Crippen molar-refractivity contribution in [1.29, 1.82) is 0 Å². The van der Waals surface area contributed by atoms with Crippen molar-refractivity contribution in [2.75, 3.05) is 30.3 Å². The van der Waals surface area contributed by atoms with Crippen molar-refractivity contribution in [1.82, 2.24) is 5.32 Å². The number of benzene rings is 3. The molecule has 0 radical (unpaired) electrons. The Balaban J connectivity index is 1.61. The summed E-state index contributed by atoms with van der Waals surface area (Å²) in [7, 11) is -2.51.